The molecule has 1 heterocycles. The second-order valence-electron chi connectivity index (χ2n) is 5.34. The highest BCUT2D eigenvalue weighted by atomic mass is 19.1. The van der Waals surface area contributed by atoms with Crippen LogP contribution in [0.5, 0.6) is 5.75 Å². The van der Waals surface area contributed by atoms with Gasteiger partial charge in [0.05, 0.1) is 12.7 Å². The lowest BCUT2D eigenvalue weighted by Crippen LogP contribution is -2.41. The molecule has 3 nitrogen and oxygen atoms in total. The molecule has 1 aliphatic rings. The zero-order valence-electron chi connectivity index (χ0n) is 11.8. The molecule has 106 valence electrons. The fraction of sp³-hybridized carbons (Fsp3) is 0.600. The monoisotopic (exact) mass is 267 g/mol. The summed E-state index contributed by atoms with van der Waals surface area (Å²) >= 11 is 0. The quantitative estimate of drug-likeness (QED) is 0.904. The molecule has 0 aromatic heterocycles. The van der Waals surface area contributed by atoms with Crippen molar-refractivity contribution in [3.8, 4) is 5.75 Å². The minimum absolute atomic E-state index is 0.0555. The number of hydrogen-bond donors (Lipinski definition) is 1. The van der Waals surface area contributed by atoms with Gasteiger partial charge in [-0.05, 0) is 38.3 Å². The molecule has 0 radical (unpaired) electrons. The Morgan fingerprint density at radius 1 is 1.53 bits per heavy atom. The van der Waals surface area contributed by atoms with Crippen LogP contribution in [0.1, 0.15) is 33.1 Å². The van der Waals surface area contributed by atoms with E-state index in [4.69, 9.17) is 9.47 Å². The van der Waals surface area contributed by atoms with Crippen molar-refractivity contribution in [3.05, 3.63) is 24.0 Å². The van der Waals surface area contributed by atoms with E-state index in [1.54, 1.807) is 12.1 Å². The van der Waals surface area contributed by atoms with E-state index in [0.717, 1.165) is 31.6 Å². The third kappa shape index (κ3) is 3.38. The maximum absolute atomic E-state index is 13.4. The van der Waals surface area contributed by atoms with Crippen molar-refractivity contribution in [2.45, 2.75) is 44.8 Å². The van der Waals surface area contributed by atoms with Crippen LogP contribution in [-0.2, 0) is 4.74 Å². The van der Waals surface area contributed by atoms with E-state index in [0.29, 0.717) is 6.04 Å². The van der Waals surface area contributed by atoms with Crippen molar-refractivity contribution in [2.24, 2.45) is 0 Å². The summed E-state index contributed by atoms with van der Waals surface area (Å²) in [6.07, 6.45) is 2.93. The largest absolute Gasteiger partial charge is 0.494 e. The Morgan fingerprint density at radius 3 is 3.00 bits per heavy atom. The van der Waals surface area contributed by atoms with Gasteiger partial charge in [0.25, 0.3) is 0 Å². The summed E-state index contributed by atoms with van der Waals surface area (Å²) in [5.74, 6) is -0.0614. The molecule has 0 aliphatic carbocycles. The first kappa shape index (κ1) is 14.1. The predicted molar refractivity (Wildman–Crippen MR) is 74.2 cm³/mol. The second-order valence-corrected chi connectivity index (χ2v) is 5.34. The summed E-state index contributed by atoms with van der Waals surface area (Å²) in [5.41, 5.74) is 0.837. The molecular weight excluding hydrogens is 245 g/mol. The second kappa shape index (κ2) is 5.78. The van der Waals surface area contributed by atoms with E-state index in [2.05, 4.69) is 19.2 Å². The topological polar surface area (TPSA) is 30.5 Å². The molecule has 0 bridgehead atoms. The maximum Gasteiger partial charge on any atom is 0.165 e. The fourth-order valence-electron chi connectivity index (χ4n) is 2.48. The molecule has 19 heavy (non-hydrogen) atoms. The summed E-state index contributed by atoms with van der Waals surface area (Å²) in [6, 6.07) is 5.23. The Labute approximate surface area is 114 Å². The fourth-order valence-corrected chi connectivity index (χ4v) is 2.48. The van der Waals surface area contributed by atoms with Crippen LogP contribution in [0.25, 0.3) is 0 Å². The highest BCUT2D eigenvalue weighted by Crippen LogP contribution is 2.30. The molecule has 2 rings (SSSR count). The summed E-state index contributed by atoms with van der Waals surface area (Å²) in [4.78, 5) is 0. The number of rotatable bonds is 4. The number of nitrogens with one attached hydrogen (secondary N) is 1. The SMILES string of the molecule is CCC1(C)CC(Nc2ccc(F)c(OC)c2)CCO1. The Balaban J connectivity index is 2.04. The van der Waals surface area contributed by atoms with Crippen LogP contribution in [0.4, 0.5) is 10.1 Å². The van der Waals surface area contributed by atoms with Crippen molar-refractivity contribution in [1.82, 2.24) is 0 Å². The number of methoxy groups -OCH3 is 1. The highest BCUT2D eigenvalue weighted by molar-refractivity contribution is 5.49. The van der Waals surface area contributed by atoms with Gasteiger partial charge in [-0.2, -0.15) is 0 Å². The van der Waals surface area contributed by atoms with Crippen LogP contribution in [0.15, 0.2) is 18.2 Å². The van der Waals surface area contributed by atoms with Gasteiger partial charge in [-0.1, -0.05) is 6.92 Å². The number of hydrogen-bond acceptors (Lipinski definition) is 3. The van der Waals surface area contributed by atoms with E-state index in [1.165, 1.54) is 13.2 Å². The van der Waals surface area contributed by atoms with Crippen molar-refractivity contribution in [3.63, 3.8) is 0 Å². The molecule has 2 unspecified atom stereocenters. The Morgan fingerprint density at radius 2 is 2.32 bits per heavy atom. The van der Waals surface area contributed by atoms with Crippen LogP contribution >= 0.6 is 0 Å². The van der Waals surface area contributed by atoms with Crippen LogP contribution in [-0.4, -0.2) is 25.4 Å². The molecule has 1 aromatic carbocycles. The Kier molecular flexibility index (Phi) is 4.30. The number of benzene rings is 1. The van der Waals surface area contributed by atoms with Gasteiger partial charge in [0, 0.05) is 24.4 Å². The van der Waals surface area contributed by atoms with Crippen molar-refractivity contribution in [2.75, 3.05) is 19.0 Å². The molecule has 1 saturated heterocycles. The Bertz CT molecular complexity index is 438. The number of ether oxygens (including phenoxy) is 2. The first-order valence-electron chi connectivity index (χ1n) is 6.80. The van der Waals surface area contributed by atoms with Gasteiger partial charge < -0.3 is 14.8 Å². The zero-order valence-corrected chi connectivity index (χ0v) is 11.8. The van der Waals surface area contributed by atoms with Gasteiger partial charge in [-0.3, -0.25) is 0 Å². The summed E-state index contributed by atoms with van der Waals surface area (Å²) in [5, 5.41) is 3.45. The zero-order chi connectivity index (χ0) is 13.9. The van der Waals surface area contributed by atoms with Crippen LogP contribution in [0.2, 0.25) is 0 Å². The lowest BCUT2D eigenvalue weighted by atomic mass is 9.90. The lowest BCUT2D eigenvalue weighted by molar-refractivity contribution is -0.0708. The molecule has 0 saturated carbocycles. The van der Waals surface area contributed by atoms with Crippen molar-refractivity contribution < 1.29 is 13.9 Å². The third-order valence-electron chi connectivity index (χ3n) is 3.86. The molecule has 2 atom stereocenters. The average Bonchev–Trinajstić information content (AvgIpc) is 2.41. The molecular formula is C15H22FNO2. The smallest absolute Gasteiger partial charge is 0.165 e. The molecule has 0 amide bonds. The van der Waals surface area contributed by atoms with Gasteiger partial charge >= 0.3 is 0 Å². The van der Waals surface area contributed by atoms with Crippen molar-refractivity contribution in [1.29, 1.82) is 0 Å². The van der Waals surface area contributed by atoms with Crippen LogP contribution < -0.4 is 10.1 Å². The Hall–Kier alpha value is -1.29. The lowest BCUT2D eigenvalue weighted by Gasteiger charge is -2.38. The minimum Gasteiger partial charge on any atom is -0.494 e. The highest BCUT2D eigenvalue weighted by Gasteiger charge is 2.31. The van der Waals surface area contributed by atoms with E-state index < -0.39 is 0 Å². The normalized spacial score (nSPS) is 27.1. The van der Waals surface area contributed by atoms with E-state index >= 15 is 0 Å². The number of anilines is 1. The van der Waals surface area contributed by atoms with Gasteiger partial charge in [0.1, 0.15) is 0 Å². The molecule has 1 aromatic rings. The van der Waals surface area contributed by atoms with Crippen LogP contribution in [0, 0.1) is 5.82 Å². The average molecular weight is 267 g/mol. The van der Waals surface area contributed by atoms with Gasteiger partial charge in [-0.15, -0.1) is 0 Å². The first-order valence-corrected chi connectivity index (χ1v) is 6.80. The summed E-state index contributed by atoms with van der Waals surface area (Å²) < 4.78 is 24.2. The van der Waals surface area contributed by atoms with E-state index in [9.17, 15) is 4.39 Å². The predicted octanol–water partition coefficient (Wildman–Crippen LogP) is 3.59. The van der Waals surface area contributed by atoms with E-state index in [1.807, 2.05) is 0 Å². The summed E-state index contributed by atoms with van der Waals surface area (Å²) in [7, 11) is 1.48. The van der Waals surface area contributed by atoms with Crippen LogP contribution in [0.3, 0.4) is 0 Å². The third-order valence-corrected chi connectivity index (χ3v) is 3.86. The molecule has 0 spiro atoms. The first-order chi connectivity index (χ1) is 9.06. The van der Waals surface area contributed by atoms with Gasteiger partial charge in [0.2, 0.25) is 0 Å². The molecule has 1 N–H and O–H groups in total. The molecule has 1 fully saturated rings. The molecule has 4 heteroatoms. The van der Waals surface area contributed by atoms with Gasteiger partial charge in [-0.25, -0.2) is 4.39 Å². The maximum atomic E-state index is 13.4. The van der Waals surface area contributed by atoms with Crippen molar-refractivity contribution >= 4 is 5.69 Å². The standard InChI is InChI=1S/C15H22FNO2/c1-4-15(2)10-12(7-8-19-15)17-11-5-6-13(16)14(9-11)18-3/h5-6,9,12,17H,4,7-8,10H2,1-3H3. The molecule has 1 aliphatic heterocycles. The number of halogens is 1. The van der Waals surface area contributed by atoms with E-state index in [-0.39, 0.29) is 17.2 Å². The van der Waals surface area contributed by atoms with Gasteiger partial charge in [0.15, 0.2) is 11.6 Å². The minimum atomic E-state index is -0.335. The summed E-state index contributed by atoms with van der Waals surface area (Å²) in [6.45, 7) is 5.05.